The summed E-state index contributed by atoms with van der Waals surface area (Å²) >= 11 is 0. The molecular weight excluding hydrogens is 391 g/mol. The molecule has 1 aromatic heterocycles. The highest BCUT2D eigenvalue weighted by Crippen LogP contribution is 2.25. The molecule has 0 atom stereocenters. The zero-order valence-electron chi connectivity index (χ0n) is 16.5. The molecule has 156 valence electrons. The first-order chi connectivity index (χ1) is 14.0. The lowest BCUT2D eigenvalue weighted by Crippen LogP contribution is -2.49. The van der Waals surface area contributed by atoms with Crippen molar-refractivity contribution in [1.29, 1.82) is 0 Å². The number of benzene rings is 1. The number of pyridine rings is 1. The Morgan fingerprint density at radius 2 is 1.62 bits per heavy atom. The Balaban J connectivity index is 1.26. The van der Waals surface area contributed by atoms with Crippen LogP contribution in [0, 0.1) is 11.7 Å². The van der Waals surface area contributed by atoms with Crippen LogP contribution in [0.1, 0.15) is 12.8 Å². The van der Waals surface area contributed by atoms with Crippen molar-refractivity contribution >= 4 is 15.8 Å². The van der Waals surface area contributed by atoms with Crippen LogP contribution in [0.5, 0.6) is 0 Å². The molecule has 2 aliphatic heterocycles. The molecule has 2 aromatic rings. The van der Waals surface area contributed by atoms with E-state index in [1.807, 2.05) is 24.4 Å². The maximum atomic E-state index is 13.1. The number of piperidine rings is 1. The molecule has 6 nitrogen and oxygen atoms in total. The summed E-state index contributed by atoms with van der Waals surface area (Å²) in [5, 5.41) is 0. The quantitative estimate of drug-likeness (QED) is 0.747. The first-order valence-corrected chi connectivity index (χ1v) is 11.6. The number of aromatic nitrogens is 1. The Morgan fingerprint density at radius 3 is 2.24 bits per heavy atom. The number of anilines is 1. The fourth-order valence-electron chi connectivity index (χ4n) is 4.15. The molecule has 8 heteroatoms. The van der Waals surface area contributed by atoms with E-state index in [2.05, 4.69) is 14.8 Å². The second-order valence-electron chi connectivity index (χ2n) is 7.78. The van der Waals surface area contributed by atoms with E-state index < -0.39 is 15.8 Å². The van der Waals surface area contributed by atoms with Crippen molar-refractivity contribution in [3.05, 3.63) is 54.5 Å². The van der Waals surface area contributed by atoms with Gasteiger partial charge in [-0.25, -0.2) is 17.8 Å². The van der Waals surface area contributed by atoms with Gasteiger partial charge in [0.1, 0.15) is 11.6 Å². The lowest BCUT2D eigenvalue weighted by Gasteiger charge is -2.39. The second-order valence-corrected chi connectivity index (χ2v) is 9.71. The summed E-state index contributed by atoms with van der Waals surface area (Å²) in [6, 6.07) is 11.1. The van der Waals surface area contributed by atoms with Crippen LogP contribution in [0.15, 0.2) is 53.6 Å². The molecular formula is C21H27FN4O2S. The van der Waals surface area contributed by atoms with Gasteiger partial charge < -0.3 is 4.90 Å². The summed E-state index contributed by atoms with van der Waals surface area (Å²) in [5.41, 5.74) is 0. The summed E-state index contributed by atoms with van der Waals surface area (Å²) in [5.74, 6) is 1.12. The van der Waals surface area contributed by atoms with Gasteiger partial charge in [0.25, 0.3) is 0 Å². The highest BCUT2D eigenvalue weighted by atomic mass is 32.2. The minimum absolute atomic E-state index is 0.169. The van der Waals surface area contributed by atoms with E-state index in [0.717, 1.165) is 51.4 Å². The number of nitrogens with zero attached hydrogens (tertiary/aromatic N) is 4. The second kappa shape index (κ2) is 8.77. The first-order valence-electron chi connectivity index (χ1n) is 10.2. The molecule has 0 bridgehead atoms. The molecule has 2 fully saturated rings. The Hall–Kier alpha value is -2.03. The third kappa shape index (κ3) is 4.76. The van der Waals surface area contributed by atoms with Crippen molar-refractivity contribution in [2.24, 2.45) is 5.92 Å². The molecule has 3 heterocycles. The first kappa shape index (κ1) is 20.3. The number of halogens is 1. The van der Waals surface area contributed by atoms with Gasteiger partial charge in [-0.3, -0.25) is 4.90 Å². The van der Waals surface area contributed by atoms with Crippen molar-refractivity contribution in [2.75, 3.05) is 50.7 Å². The molecule has 29 heavy (non-hydrogen) atoms. The summed E-state index contributed by atoms with van der Waals surface area (Å²) in [7, 11) is -3.53. The van der Waals surface area contributed by atoms with E-state index in [1.165, 1.54) is 28.6 Å². The fourth-order valence-corrected chi connectivity index (χ4v) is 5.62. The van der Waals surface area contributed by atoms with Crippen LogP contribution in [-0.4, -0.2) is 68.4 Å². The average molecular weight is 419 g/mol. The van der Waals surface area contributed by atoms with Gasteiger partial charge in [0.05, 0.1) is 4.90 Å². The molecule has 0 spiro atoms. The van der Waals surface area contributed by atoms with Crippen LogP contribution in [0.3, 0.4) is 0 Å². The van der Waals surface area contributed by atoms with E-state index in [0.29, 0.717) is 19.0 Å². The van der Waals surface area contributed by atoms with Crippen molar-refractivity contribution in [3.63, 3.8) is 0 Å². The van der Waals surface area contributed by atoms with E-state index in [9.17, 15) is 12.8 Å². The van der Waals surface area contributed by atoms with Gasteiger partial charge in [-0.15, -0.1) is 0 Å². The maximum absolute atomic E-state index is 13.1. The van der Waals surface area contributed by atoms with Gasteiger partial charge in [-0.1, -0.05) is 6.07 Å². The molecule has 0 unspecified atom stereocenters. The monoisotopic (exact) mass is 418 g/mol. The van der Waals surface area contributed by atoms with Crippen LogP contribution in [0.4, 0.5) is 10.2 Å². The average Bonchev–Trinajstić information content (AvgIpc) is 2.76. The van der Waals surface area contributed by atoms with Crippen LogP contribution in [0.2, 0.25) is 0 Å². The van der Waals surface area contributed by atoms with Crippen molar-refractivity contribution < 1.29 is 12.8 Å². The lowest BCUT2D eigenvalue weighted by molar-refractivity contribution is 0.175. The lowest BCUT2D eigenvalue weighted by atomic mass is 9.97. The van der Waals surface area contributed by atoms with Crippen LogP contribution in [0.25, 0.3) is 0 Å². The Bertz CT molecular complexity index is 892. The summed E-state index contributed by atoms with van der Waals surface area (Å²) in [6.07, 6.45) is 3.55. The molecule has 0 amide bonds. The highest BCUT2D eigenvalue weighted by molar-refractivity contribution is 7.89. The van der Waals surface area contributed by atoms with Crippen molar-refractivity contribution in [2.45, 2.75) is 17.7 Å². The van der Waals surface area contributed by atoms with Crippen LogP contribution < -0.4 is 4.90 Å². The number of sulfonamides is 1. The van der Waals surface area contributed by atoms with Crippen molar-refractivity contribution in [1.82, 2.24) is 14.2 Å². The summed E-state index contributed by atoms with van der Waals surface area (Å²) < 4.78 is 40.1. The molecule has 2 saturated heterocycles. The maximum Gasteiger partial charge on any atom is 0.243 e. The predicted molar refractivity (Wildman–Crippen MR) is 111 cm³/mol. The predicted octanol–water partition coefficient (Wildman–Crippen LogP) is 2.44. The SMILES string of the molecule is O=S(=O)(c1ccc(F)cc1)N1CCC(CN2CCN(c3ccccn3)CC2)CC1. The molecule has 1 aromatic carbocycles. The largest absolute Gasteiger partial charge is 0.354 e. The molecule has 4 rings (SSSR count). The van der Waals surface area contributed by atoms with Gasteiger partial charge in [-0.05, 0) is 55.2 Å². The van der Waals surface area contributed by atoms with E-state index in [-0.39, 0.29) is 4.90 Å². The number of rotatable bonds is 5. The van der Waals surface area contributed by atoms with Crippen molar-refractivity contribution in [3.8, 4) is 0 Å². The molecule has 0 aliphatic carbocycles. The van der Waals surface area contributed by atoms with Gasteiger partial charge in [0.2, 0.25) is 10.0 Å². The normalized spacial score (nSPS) is 20.1. The number of hydrogen-bond acceptors (Lipinski definition) is 5. The van der Waals surface area contributed by atoms with Gasteiger partial charge >= 0.3 is 0 Å². The topological polar surface area (TPSA) is 56.8 Å². The van der Waals surface area contributed by atoms with Crippen LogP contribution >= 0.6 is 0 Å². The van der Waals surface area contributed by atoms with E-state index >= 15 is 0 Å². The minimum atomic E-state index is -3.53. The minimum Gasteiger partial charge on any atom is -0.354 e. The molecule has 2 aliphatic rings. The molecule has 0 N–H and O–H groups in total. The Labute approximate surface area is 172 Å². The Kier molecular flexibility index (Phi) is 6.12. The van der Waals surface area contributed by atoms with Gasteiger partial charge in [0.15, 0.2) is 0 Å². The zero-order valence-corrected chi connectivity index (χ0v) is 17.3. The fraction of sp³-hybridized carbons (Fsp3) is 0.476. The summed E-state index contributed by atoms with van der Waals surface area (Å²) in [6.45, 7) is 6.01. The van der Waals surface area contributed by atoms with Crippen LogP contribution in [-0.2, 0) is 10.0 Å². The van der Waals surface area contributed by atoms with Gasteiger partial charge in [0, 0.05) is 52.0 Å². The van der Waals surface area contributed by atoms with E-state index in [1.54, 1.807) is 0 Å². The smallest absolute Gasteiger partial charge is 0.243 e. The summed E-state index contributed by atoms with van der Waals surface area (Å²) in [4.78, 5) is 9.39. The Morgan fingerprint density at radius 1 is 0.931 bits per heavy atom. The molecule has 0 saturated carbocycles. The highest BCUT2D eigenvalue weighted by Gasteiger charge is 2.30. The van der Waals surface area contributed by atoms with E-state index in [4.69, 9.17) is 0 Å². The number of piperazine rings is 1. The molecule has 0 radical (unpaired) electrons. The standard InChI is InChI=1S/C21H27FN4O2S/c22-19-4-6-20(7-5-19)29(27,28)26-11-8-18(9-12-26)17-24-13-15-25(16-14-24)21-3-1-2-10-23-21/h1-7,10,18H,8-9,11-17H2. The number of hydrogen-bond donors (Lipinski definition) is 0. The third-order valence-corrected chi connectivity index (χ3v) is 7.80. The third-order valence-electron chi connectivity index (χ3n) is 5.89. The van der Waals surface area contributed by atoms with Gasteiger partial charge in [-0.2, -0.15) is 4.31 Å². The zero-order chi connectivity index (χ0) is 20.3.